The van der Waals surface area contributed by atoms with Crippen molar-refractivity contribution in [2.24, 2.45) is 5.73 Å². The second-order valence-electron chi connectivity index (χ2n) is 6.27. The first kappa shape index (κ1) is 17.9. The molecule has 3 rings (SSSR count). The Bertz CT molecular complexity index is 792. The number of hydrogen-bond donors (Lipinski definition) is 2. The molecule has 6 nitrogen and oxygen atoms in total. The third kappa shape index (κ3) is 3.86. The van der Waals surface area contributed by atoms with Gasteiger partial charge in [0.15, 0.2) is 0 Å². The van der Waals surface area contributed by atoms with Crippen LogP contribution in [-0.2, 0) is 22.6 Å². The summed E-state index contributed by atoms with van der Waals surface area (Å²) in [5, 5.41) is 2.57. The van der Waals surface area contributed by atoms with Gasteiger partial charge in [-0.2, -0.15) is 0 Å². The van der Waals surface area contributed by atoms with Crippen molar-refractivity contribution >= 4 is 11.8 Å². The Balaban J connectivity index is 1.89. The fourth-order valence-corrected chi connectivity index (χ4v) is 3.27. The molecule has 1 aliphatic rings. The summed E-state index contributed by atoms with van der Waals surface area (Å²) >= 11 is 0. The first-order valence-electron chi connectivity index (χ1n) is 8.59. The summed E-state index contributed by atoms with van der Waals surface area (Å²) in [6.45, 7) is 0.289. The number of rotatable bonds is 5. The topological polar surface area (TPSA) is 84.7 Å². The minimum absolute atomic E-state index is 0.0569. The quantitative estimate of drug-likeness (QED) is 0.851. The van der Waals surface area contributed by atoms with Gasteiger partial charge >= 0.3 is 0 Å². The molecular formula is C20H23N3O3. The van der Waals surface area contributed by atoms with Gasteiger partial charge in [-0.25, -0.2) is 0 Å². The van der Waals surface area contributed by atoms with Gasteiger partial charge < -0.3 is 20.7 Å². The normalized spacial score (nSPS) is 15.9. The molecule has 26 heavy (non-hydrogen) atoms. The molecule has 1 unspecified atom stereocenters. The summed E-state index contributed by atoms with van der Waals surface area (Å²) in [6.07, 6.45) is 0.722. The van der Waals surface area contributed by atoms with Crippen molar-refractivity contribution in [1.82, 2.24) is 10.2 Å². The van der Waals surface area contributed by atoms with Gasteiger partial charge in [0.1, 0.15) is 5.75 Å². The molecule has 0 saturated heterocycles. The van der Waals surface area contributed by atoms with Crippen molar-refractivity contribution in [3.63, 3.8) is 0 Å². The Labute approximate surface area is 152 Å². The summed E-state index contributed by atoms with van der Waals surface area (Å²) in [4.78, 5) is 26.0. The molecule has 0 saturated carbocycles. The number of nitrogens with two attached hydrogens (primary N) is 1. The molecule has 0 spiro atoms. The highest BCUT2D eigenvalue weighted by Gasteiger charge is 2.31. The van der Waals surface area contributed by atoms with E-state index in [0.717, 1.165) is 23.3 Å². The van der Waals surface area contributed by atoms with E-state index >= 15 is 0 Å². The maximum absolute atomic E-state index is 12.8. The number of nitrogens with zero attached hydrogens (tertiary/aromatic N) is 1. The minimum atomic E-state index is -0.339. The number of fused-ring (bicyclic) bond motifs is 1. The van der Waals surface area contributed by atoms with Crippen LogP contribution in [0.4, 0.5) is 0 Å². The number of carbonyl (C=O) groups excluding carboxylic acids is 2. The van der Waals surface area contributed by atoms with Gasteiger partial charge in [-0.3, -0.25) is 9.59 Å². The molecule has 1 atom stereocenters. The Hall–Kier alpha value is -2.86. The number of amides is 2. The van der Waals surface area contributed by atoms with Gasteiger partial charge in [0, 0.05) is 6.54 Å². The standard InChI is InChI=1S/C20H23N3O3/c1-26-17-8-7-15-10-18(14-5-3-2-4-6-14)23(13-16(15)9-17)20(25)12-22-19(24)11-21/h2-9,18H,10-13,21H2,1H3,(H,22,24). The summed E-state index contributed by atoms with van der Waals surface area (Å²) in [7, 11) is 1.63. The van der Waals surface area contributed by atoms with Crippen molar-refractivity contribution in [2.45, 2.75) is 19.0 Å². The molecule has 0 bridgehead atoms. The van der Waals surface area contributed by atoms with E-state index in [-0.39, 0.29) is 30.9 Å². The van der Waals surface area contributed by atoms with E-state index in [9.17, 15) is 9.59 Å². The summed E-state index contributed by atoms with van der Waals surface area (Å²) in [5.74, 6) is 0.300. The molecule has 0 radical (unpaired) electrons. The summed E-state index contributed by atoms with van der Waals surface area (Å²) < 4.78 is 5.31. The smallest absolute Gasteiger partial charge is 0.242 e. The molecule has 3 N–H and O–H groups in total. The molecule has 2 aromatic rings. The number of ether oxygens (including phenoxy) is 1. The predicted molar refractivity (Wildman–Crippen MR) is 98.5 cm³/mol. The summed E-state index contributed by atoms with van der Waals surface area (Å²) in [6, 6.07) is 15.8. The van der Waals surface area contributed by atoms with Gasteiger partial charge in [0.2, 0.25) is 11.8 Å². The highest BCUT2D eigenvalue weighted by atomic mass is 16.5. The fraction of sp³-hybridized carbons (Fsp3) is 0.300. The van der Waals surface area contributed by atoms with Crippen LogP contribution in [0.5, 0.6) is 5.75 Å². The van der Waals surface area contributed by atoms with Gasteiger partial charge in [0.05, 0.1) is 26.2 Å². The van der Waals surface area contributed by atoms with E-state index in [0.29, 0.717) is 6.54 Å². The lowest BCUT2D eigenvalue weighted by atomic mass is 9.89. The molecule has 0 fully saturated rings. The predicted octanol–water partition coefficient (Wildman–Crippen LogP) is 1.40. The number of hydrogen-bond acceptors (Lipinski definition) is 4. The van der Waals surface area contributed by atoms with Gasteiger partial charge in [-0.15, -0.1) is 0 Å². The van der Waals surface area contributed by atoms with Crippen LogP contribution in [0.15, 0.2) is 48.5 Å². The van der Waals surface area contributed by atoms with Crippen LogP contribution in [0.3, 0.4) is 0 Å². The van der Waals surface area contributed by atoms with E-state index in [1.54, 1.807) is 7.11 Å². The lowest BCUT2D eigenvalue weighted by Gasteiger charge is -2.37. The second-order valence-corrected chi connectivity index (χ2v) is 6.27. The first-order valence-corrected chi connectivity index (χ1v) is 8.59. The van der Waals surface area contributed by atoms with E-state index in [1.807, 2.05) is 47.4 Å². The molecule has 136 valence electrons. The lowest BCUT2D eigenvalue weighted by molar-refractivity contribution is -0.135. The second kappa shape index (κ2) is 8.01. The van der Waals surface area contributed by atoms with Crippen LogP contribution in [0.2, 0.25) is 0 Å². The van der Waals surface area contributed by atoms with Crippen LogP contribution >= 0.6 is 0 Å². The lowest BCUT2D eigenvalue weighted by Crippen LogP contribution is -2.45. The monoisotopic (exact) mass is 353 g/mol. The maximum Gasteiger partial charge on any atom is 0.242 e. The van der Waals surface area contributed by atoms with Crippen LogP contribution in [0, 0.1) is 0 Å². The highest BCUT2D eigenvalue weighted by molar-refractivity contribution is 5.86. The van der Waals surface area contributed by atoms with E-state index < -0.39 is 0 Å². The van der Waals surface area contributed by atoms with Crippen molar-refractivity contribution in [2.75, 3.05) is 20.2 Å². The Morgan fingerprint density at radius 3 is 2.65 bits per heavy atom. The number of nitrogens with one attached hydrogen (secondary N) is 1. The van der Waals surface area contributed by atoms with Gasteiger partial charge in [-0.1, -0.05) is 36.4 Å². The summed E-state index contributed by atoms with van der Waals surface area (Å²) in [5.41, 5.74) is 8.64. The van der Waals surface area contributed by atoms with Crippen LogP contribution in [-0.4, -0.2) is 36.9 Å². The molecule has 2 amide bonds. The maximum atomic E-state index is 12.8. The van der Waals surface area contributed by atoms with Gasteiger partial charge in [-0.05, 0) is 35.2 Å². The van der Waals surface area contributed by atoms with E-state index in [2.05, 4.69) is 11.4 Å². The van der Waals surface area contributed by atoms with Gasteiger partial charge in [0.25, 0.3) is 0 Å². The molecule has 6 heteroatoms. The van der Waals surface area contributed by atoms with Crippen LogP contribution < -0.4 is 15.8 Å². The van der Waals surface area contributed by atoms with Crippen LogP contribution in [0.1, 0.15) is 22.7 Å². The van der Waals surface area contributed by atoms with Crippen LogP contribution in [0.25, 0.3) is 0 Å². The molecule has 0 aliphatic carbocycles. The minimum Gasteiger partial charge on any atom is -0.497 e. The zero-order valence-corrected chi connectivity index (χ0v) is 14.8. The largest absolute Gasteiger partial charge is 0.497 e. The number of carbonyl (C=O) groups is 2. The highest BCUT2D eigenvalue weighted by Crippen LogP contribution is 2.34. The average Bonchev–Trinajstić information content (AvgIpc) is 2.70. The molecular weight excluding hydrogens is 330 g/mol. The molecule has 1 aliphatic heterocycles. The third-order valence-electron chi connectivity index (χ3n) is 4.67. The molecule has 2 aromatic carbocycles. The fourth-order valence-electron chi connectivity index (χ4n) is 3.27. The Morgan fingerprint density at radius 2 is 1.96 bits per heavy atom. The number of benzene rings is 2. The van der Waals surface area contributed by atoms with Crippen molar-refractivity contribution in [3.05, 3.63) is 65.2 Å². The Kier molecular flexibility index (Phi) is 5.53. The van der Waals surface area contributed by atoms with E-state index in [4.69, 9.17) is 10.5 Å². The average molecular weight is 353 g/mol. The first-order chi connectivity index (χ1) is 12.6. The zero-order chi connectivity index (χ0) is 18.5. The van der Waals surface area contributed by atoms with Crippen molar-refractivity contribution in [3.8, 4) is 5.75 Å². The Morgan fingerprint density at radius 1 is 1.19 bits per heavy atom. The zero-order valence-electron chi connectivity index (χ0n) is 14.8. The third-order valence-corrected chi connectivity index (χ3v) is 4.67. The molecule has 0 aromatic heterocycles. The van der Waals surface area contributed by atoms with Crippen molar-refractivity contribution in [1.29, 1.82) is 0 Å². The number of methoxy groups -OCH3 is 1. The SMILES string of the molecule is COc1ccc2c(c1)CN(C(=O)CNC(=O)CN)C(c1ccccc1)C2. The van der Waals surface area contributed by atoms with Crippen molar-refractivity contribution < 1.29 is 14.3 Å². The van der Waals surface area contributed by atoms with E-state index in [1.165, 1.54) is 5.56 Å². The molecule has 1 heterocycles.